The number of hydrogen-bond donors (Lipinski definition) is 1. The second kappa shape index (κ2) is 8.33. The summed E-state index contributed by atoms with van der Waals surface area (Å²) in [6.45, 7) is 1.76. The summed E-state index contributed by atoms with van der Waals surface area (Å²) in [5, 5.41) is 14.8. The zero-order valence-corrected chi connectivity index (χ0v) is 20.7. The van der Waals surface area contributed by atoms with Crippen LogP contribution in [0.5, 0.6) is 5.75 Å². The molecule has 0 saturated heterocycles. The molecule has 0 aliphatic rings. The predicted octanol–water partition coefficient (Wildman–Crippen LogP) is 7.22. The van der Waals surface area contributed by atoms with E-state index in [1.54, 1.807) is 37.3 Å². The molecule has 0 aliphatic heterocycles. The minimum atomic E-state index is -0.944. The van der Waals surface area contributed by atoms with E-state index in [0.717, 1.165) is 4.47 Å². The van der Waals surface area contributed by atoms with Gasteiger partial charge in [0.1, 0.15) is 16.9 Å². The second-order valence-corrected chi connectivity index (χ2v) is 10.2. The lowest BCUT2D eigenvalue weighted by Crippen LogP contribution is -2.21. The number of fused-ring (bicyclic) bond motifs is 2. The van der Waals surface area contributed by atoms with Gasteiger partial charge in [0.15, 0.2) is 0 Å². The second-order valence-electron chi connectivity index (χ2n) is 7.46. The average Bonchev–Trinajstić information content (AvgIpc) is 3.19. The molecule has 2 aromatic carbocycles. The van der Waals surface area contributed by atoms with E-state index in [9.17, 15) is 14.7 Å². The summed E-state index contributed by atoms with van der Waals surface area (Å²) in [5.74, 6) is -1.25. The molecule has 0 bridgehead atoms. The maximum absolute atomic E-state index is 13.2. The minimum absolute atomic E-state index is 0.0732. The van der Waals surface area contributed by atoms with E-state index < -0.39 is 17.2 Å². The lowest BCUT2D eigenvalue weighted by Gasteiger charge is -2.19. The summed E-state index contributed by atoms with van der Waals surface area (Å²) >= 11 is 17.1. The van der Waals surface area contributed by atoms with E-state index in [4.69, 9.17) is 32.0 Å². The molecule has 1 atom stereocenters. The minimum Gasteiger partial charge on any atom is -0.507 e. The summed E-state index contributed by atoms with van der Waals surface area (Å²) in [7, 11) is 0. The highest BCUT2D eigenvalue weighted by Crippen LogP contribution is 2.42. The lowest BCUT2D eigenvalue weighted by molar-refractivity contribution is 0.454. The largest absolute Gasteiger partial charge is 0.507 e. The zero-order valence-electron chi connectivity index (χ0n) is 16.8. The van der Waals surface area contributed by atoms with Gasteiger partial charge in [-0.2, -0.15) is 0 Å². The Morgan fingerprint density at radius 1 is 0.909 bits per heavy atom. The Hall–Kier alpha value is -2.58. The molecule has 0 radical (unpaired) electrons. The van der Waals surface area contributed by atoms with Crippen molar-refractivity contribution in [3.63, 3.8) is 0 Å². The van der Waals surface area contributed by atoms with Crippen LogP contribution in [-0.2, 0) is 0 Å². The van der Waals surface area contributed by atoms with Gasteiger partial charge in [0.25, 0.3) is 0 Å². The number of thiophene rings is 1. The van der Waals surface area contributed by atoms with Gasteiger partial charge in [0.05, 0.1) is 22.4 Å². The van der Waals surface area contributed by atoms with Crippen molar-refractivity contribution in [2.45, 2.75) is 12.8 Å². The third-order valence-corrected chi connectivity index (χ3v) is 7.72. The Morgan fingerprint density at radius 3 is 2.09 bits per heavy atom. The summed E-state index contributed by atoms with van der Waals surface area (Å²) in [4.78, 5) is 27.0. The molecule has 5 rings (SSSR count). The molecule has 5 nitrogen and oxygen atoms in total. The molecule has 3 heterocycles. The molecule has 0 spiro atoms. The normalized spacial score (nSPS) is 12.5. The van der Waals surface area contributed by atoms with E-state index in [1.807, 2.05) is 5.38 Å². The van der Waals surface area contributed by atoms with Crippen molar-refractivity contribution in [1.29, 1.82) is 0 Å². The fourth-order valence-corrected chi connectivity index (χ4v) is 5.91. The molecule has 1 unspecified atom stereocenters. The van der Waals surface area contributed by atoms with E-state index in [-0.39, 0.29) is 27.8 Å². The molecule has 9 heteroatoms. The molecular formula is C24H13BrCl2O5S. The number of halogens is 3. The van der Waals surface area contributed by atoms with Gasteiger partial charge >= 0.3 is 11.3 Å². The van der Waals surface area contributed by atoms with Gasteiger partial charge in [0, 0.05) is 30.2 Å². The van der Waals surface area contributed by atoms with Crippen LogP contribution in [-0.4, -0.2) is 5.11 Å². The van der Waals surface area contributed by atoms with Crippen LogP contribution in [0.3, 0.4) is 0 Å². The Labute approximate surface area is 208 Å². The highest BCUT2D eigenvalue weighted by Gasteiger charge is 2.32. The summed E-state index contributed by atoms with van der Waals surface area (Å²) in [6.07, 6.45) is 0. The number of rotatable bonds is 3. The third-order valence-electron chi connectivity index (χ3n) is 5.50. The Balaban J connectivity index is 1.91. The molecule has 166 valence electrons. The van der Waals surface area contributed by atoms with Crippen LogP contribution in [0.1, 0.15) is 27.5 Å². The van der Waals surface area contributed by atoms with Crippen LogP contribution < -0.4 is 11.3 Å². The molecule has 3 aromatic heterocycles. The van der Waals surface area contributed by atoms with Gasteiger partial charge in [-0.05, 0) is 70.9 Å². The van der Waals surface area contributed by atoms with Gasteiger partial charge < -0.3 is 13.9 Å². The fraction of sp³-hybridized carbons (Fsp3) is 0.0833. The maximum Gasteiger partial charge on any atom is 0.344 e. The number of benzene rings is 2. The highest BCUT2D eigenvalue weighted by molar-refractivity contribution is 9.10. The maximum atomic E-state index is 13.2. The van der Waals surface area contributed by atoms with Crippen molar-refractivity contribution in [3.05, 3.63) is 105 Å². The quantitative estimate of drug-likeness (QED) is 0.234. The molecule has 5 aromatic rings. The van der Waals surface area contributed by atoms with E-state index >= 15 is 0 Å². The topological polar surface area (TPSA) is 80.7 Å². The highest BCUT2D eigenvalue weighted by atomic mass is 79.9. The van der Waals surface area contributed by atoms with E-state index in [2.05, 4.69) is 15.9 Å². The Bertz CT molecular complexity index is 1580. The van der Waals surface area contributed by atoms with Crippen LogP contribution in [0.15, 0.2) is 70.7 Å². The molecule has 33 heavy (non-hydrogen) atoms. The lowest BCUT2D eigenvalue weighted by atomic mass is 9.87. The van der Waals surface area contributed by atoms with Crippen molar-refractivity contribution in [3.8, 4) is 5.75 Å². The fourth-order valence-electron chi connectivity index (χ4n) is 4.01. The van der Waals surface area contributed by atoms with Gasteiger partial charge in [0.2, 0.25) is 0 Å². The molecule has 0 fully saturated rings. The van der Waals surface area contributed by atoms with Crippen LogP contribution >= 0.6 is 50.5 Å². The van der Waals surface area contributed by atoms with Crippen LogP contribution in [0.4, 0.5) is 0 Å². The van der Waals surface area contributed by atoms with Crippen molar-refractivity contribution < 1.29 is 13.9 Å². The number of aryl methyl sites for hydroxylation is 1. The smallest absolute Gasteiger partial charge is 0.344 e. The molecule has 0 aliphatic carbocycles. The first-order valence-electron chi connectivity index (χ1n) is 9.66. The number of aromatic hydroxyl groups is 1. The zero-order chi connectivity index (χ0) is 23.4. The van der Waals surface area contributed by atoms with Gasteiger partial charge in [-0.15, -0.1) is 11.3 Å². The van der Waals surface area contributed by atoms with Crippen molar-refractivity contribution in [1.82, 2.24) is 0 Å². The molecule has 0 amide bonds. The summed E-state index contributed by atoms with van der Waals surface area (Å²) < 4.78 is 11.9. The first-order valence-corrected chi connectivity index (χ1v) is 12.1. The first kappa shape index (κ1) is 22.2. The molecular weight excluding hydrogens is 551 g/mol. The SMILES string of the molecule is Cc1c(C(c2cc(Br)cs2)c2c(O)c3cc(Cl)ccc3oc2=O)c(=O)oc2ccc(Cl)cc12. The Kier molecular flexibility index (Phi) is 5.61. The standard InChI is InChI=1S/C24H13BrCl2O5S/c1-10-14-7-12(26)2-4-16(14)31-23(29)19(10)20(18-6-11(25)9-33-18)21-22(28)15-8-13(27)3-5-17(15)32-24(21)30/h2-9,20,28H,1H3. The van der Waals surface area contributed by atoms with Crippen LogP contribution in [0, 0.1) is 6.92 Å². The van der Waals surface area contributed by atoms with Gasteiger partial charge in [-0.1, -0.05) is 23.2 Å². The van der Waals surface area contributed by atoms with Crippen molar-refractivity contribution in [2.75, 3.05) is 0 Å². The third kappa shape index (κ3) is 3.79. The van der Waals surface area contributed by atoms with Gasteiger partial charge in [-0.3, -0.25) is 0 Å². The summed E-state index contributed by atoms with van der Waals surface area (Å²) in [6, 6.07) is 11.3. The summed E-state index contributed by atoms with van der Waals surface area (Å²) in [5.41, 5.74) is -0.102. The average molecular weight is 564 g/mol. The molecule has 1 N–H and O–H groups in total. The Morgan fingerprint density at radius 2 is 1.48 bits per heavy atom. The van der Waals surface area contributed by atoms with Crippen LogP contribution in [0.2, 0.25) is 10.0 Å². The van der Waals surface area contributed by atoms with Crippen molar-refractivity contribution in [2.24, 2.45) is 0 Å². The van der Waals surface area contributed by atoms with E-state index in [1.165, 1.54) is 23.5 Å². The van der Waals surface area contributed by atoms with Gasteiger partial charge in [-0.25, -0.2) is 9.59 Å². The first-order chi connectivity index (χ1) is 15.7. The molecule has 0 saturated carbocycles. The number of hydrogen-bond acceptors (Lipinski definition) is 6. The predicted molar refractivity (Wildman–Crippen MR) is 134 cm³/mol. The van der Waals surface area contributed by atoms with Crippen molar-refractivity contribution >= 4 is 72.4 Å². The van der Waals surface area contributed by atoms with Crippen LogP contribution in [0.25, 0.3) is 21.9 Å². The van der Waals surface area contributed by atoms with E-state index in [0.29, 0.717) is 31.5 Å². The monoisotopic (exact) mass is 562 g/mol.